The molecule has 0 radical (unpaired) electrons. The number of morpholine rings is 1. The number of rotatable bonds is 5. The molecule has 1 aromatic heterocycles. The Bertz CT molecular complexity index is 1090. The van der Waals surface area contributed by atoms with Crippen LogP contribution in [0.2, 0.25) is 5.02 Å². The number of amides is 1. The Labute approximate surface area is 187 Å². The number of carbonyl (C=O) groups is 1. The van der Waals surface area contributed by atoms with Crippen molar-refractivity contribution in [1.29, 1.82) is 0 Å². The van der Waals surface area contributed by atoms with E-state index in [-0.39, 0.29) is 24.3 Å². The molecule has 1 amide bonds. The quantitative estimate of drug-likeness (QED) is 0.509. The maximum Gasteiger partial charge on any atom is 0.573 e. The van der Waals surface area contributed by atoms with E-state index in [1.165, 1.54) is 24.3 Å². The van der Waals surface area contributed by atoms with Crippen molar-refractivity contribution in [2.75, 3.05) is 13.2 Å². The van der Waals surface area contributed by atoms with Crippen molar-refractivity contribution in [3.05, 3.63) is 83.1 Å². The van der Waals surface area contributed by atoms with Crippen molar-refractivity contribution >= 4 is 17.5 Å². The Hall–Kier alpha value is -3.10. The molecule has 1 unspecified atom stereocenters. The number of hydrogen-bond donors (Lipinski definition) is 0. The van der Waals surface area contributed by atoms with Gasteiger partial charge in [-0.2, -0.15) is 0 Å². The lowest BCUT2D eigenvalue weighted by Crippen LogP contribution is -2.43. The van der Waals surface area contributed by atoms with Crippen molar-refractivity contribution in [2.24, 2.45) is 0 Å². The molecule has 0 spiro atoms. The molecule has 166 valence electrons. The molecule has 1 atom stereocenters. The SMILES string of the molecule is O=C1COCC(c2cncc(-c3ccc(OC(F)(F)F)cc3)c2)N1Cc1ccc(Cl)cc1. The first-order valence-electron chi connectivity index (χ1n) is 9.71. The summed E-state index contributed by atoms with van der Waals surface area (Å²) in [6.45, 7) is 0.693. The molecule has 0 bridgehead atoms. The summed E-state index contributed by atoms with van der Waals surface area (Å²) in [7, 11) is 0. The summed E-state index contributed by atoms with van der Waals surface area (Å²) in [5.41, 5.74) is 3.06. The van der Waals surface area contributed by atoms with Gasteiger partial charge in [-0.3, -0.25) is 9.78 Å². The number of carbonyl (C=O) groups excluding carboxylic acids is 1. The van der Waals surface area contributed by atoms with Crippen molar-refractivity contribution < 1.29 is 27.4 Å². The van der Waals surface area contributed by atoms with Crippen LogP contribution < -0.4 is 4.74 Å². The average Bonchev–Trinajstić information content (AvgIpc) is 2.76. The van der Waals surface area contributed by atoms with Gasteiger partial charge >= 0.3 is 6.36 Å². The number of ether oxygens (including phenoxy) is 2. The van der Waals surface area contributed by atoms with E-state index >= 15 is 0 Å². The van der Waals surface area contributed by atoms with E-state index in [1.54, 1.807) is 29.4 Å². The summed E-state index contributed by atoms with van der Waals surface area (Å²) >= 11 is 5.95. The summed E-state index contributed by atoms with van der Waals surface area (Å²) in [4.78, 5) is 18.6. The molecule has 2 heterocycles. The van der Waals surface area contributed by atoms with Gasteiger partial charge in [-0.1, -0.05) is 35.9 Å². The highest BCUT2D eigenvalue weighted by atomic mass is 35.5. The van der Waals surface area contributed by atoms with E-state index in [9.17, 15) is 18.0 Å². The van der Waals surface area contributed by atoms with Crippen LogP contribution in [0.5, 0.6) is 5.75 Å². The number of alkyl halides is 3. The Balaban J connectivity index is 1.57. The van der Waals surface area contributed by atoms with Crippen molar-refractivity contribution in [3.63, 3.8) is 0 Å². The summed E-state index contributed by atoms with van der Waals surface area (Å²) in [5.74, 6) is -0.443. The monoisotopic (exact) mass is 462 g/mol. The fourth-order valence-corrected chi connectivity index (χ4v) is 3.64. The first kappa shape index (κ1) is 22.1. The smallest absolute Gasteiger partial charge is 0.406 e. The molecule has 0 saturated carbocycles. The predicted octanol–water partition coefficient (Wildman–Crippen LogP) is 5.40. The number of nitrogens with zero attached hydrogens (tertiary/aromatic N) is 2. The third kappa shape index (κ3) is 5.38. The molecule has 1 saturated heterocycles. The lowest BCUT2D eigenvalue weighted by molar-refractivity contribution is -0.274. The normalized spacial score (nSPS) is 16.8. The van der Waals surface area contributed by atoms with E-state index in [2.05, 4.69) is 9.72 Å². The molecule has 4 rings (SSSR count). The lowest BCUT2D eigenvalue weighted by atomic mass is 10.0. The zero-order valence-corrected chi connectivity index (χ0v) is 17.4. The second-order valence-corrected chi connectivity index (χ2v) is 7.69. The molecule has 1 aliphatic heterocycles. The Morgan fingerprint density at radius 2 is 1.78 bits per heavy atom. The van der Waals surface area contributed by atoms with Crippen LogP contribution in [0.3, 0.4) is 0 Å². The van der Waals surface area contributed by atoms with Gasteiger partial charge in [0.2, 0.25) is 5.91 Å². The number of aromatic nitrogens is 1. The van der Waals surface area contributed by atoms with Gasteiger partial charge in [-0.15, -0.1) is 13.2 Å². The van der Waals surface area contributed by atoms with Gasteiger partial charge in [0.1, 0.15) is 12.4 Å². The summed E-state index contributed by atoms with van der Waals surface area (Å²) in [5, 5.41) is 0.613. The number of pyridine rings is 1. The van der Waals surface area contributed by atoms with Gasteiger partial charge in [-0.25, -0.2) is 0 Å². The van der Waals surface area contributed by atoms with Crippen LogP contribution in [0.15, 0.2) is 67.0 Å². The summed E-state index contributed by atoms with van der Waals surface area (Å²) < 4.78 is 46.6. The number of hydrogen-bond acceptors (Lipinski definition) is 4. The zero-order valence-electron chi connectivity index (χ0n) is 16.7. The Morgan fingerprint density at radius 1 is 1.06 bits per heavy atom. The third-order valence-electron chi connectivity index (χ3n) is 5.03. The highest BCUT2D eigenvalue weighted by Crippen LogP contribution is 2.31. The minimum atomic E-state index is -4.75. The van der Waals surface area contributed by atoms with Crippen molar-refractivity contribution in [3.8, 4) is 16.9 Å². The fourth-order valence-electron chi connectivity index (χ4n) is 3.51. The second-order valence-electron chi connectivity index (χ2n) is 7.26. The topological polar surface area (TPSA) is 51.7 Å². The first-order chi connectivity index (χ1) is 15.3. The maximum atomic E-state index is 12.6. The van der Waals surface area contributed by atoms with Gasteiger partial charge in [0.05, 0.1) is 12.6 Å². The van der Waals surface area contributed by atoms with Crippen LogP contribution in [0.1, 0.15) is 17.2 Å². The molecule has 3 aromatic rings. The highest BCUT2D eigenvalue weighted by molar-refractivity contribution is 6.30. The van der Waals surface area contributed by atoms with Crippen molar-refractivity contribution in [1.82, 2.24) is 9.88 Å². The minimum absolute atomic E-state index is 0.00211. The molecule has 2 aromatic carbocycles. The van der Waals surface area contributed by atoms with Gasteiger partial charge < -0.3 is 14.4 Å². The summed E-state index contributed by atoms with van der Waals surface area (Å²) in [6.07, 6.45) is -1.48. The van der Waals surface area contributed by atoms with Crippen LogP contribution in [0.4, 0.5) is 13.2 Å². The molecular formula is C23H18ClF3N2O3. The largest absolute Gasteiger partial charge is 0.573 e. The summed E-state index contributed by atoms with van der Waals surface area (Å²) in [6, 6.07) is 14.3. The van der Waals surface area contributed by atoms with E-state index in [0.717, 1.165) is 11.1 Å². The fraction of sp³-hybridized carbons (Fsp3) is 0.217. The predicted molar refractivity (Wildman–Crippen MR) is 112 cm³/mol. The van der Waals surface area contributed by atoms with Crippen molar-refractivity contribution in [2.45, 2.75) is 18.9 Å². The van der Waals surface area contributed by atoms with Gasteiger partial charge in [0.25, 0.3) is 0 Å². The van der Waals surface area contributed by atoms with E-state index in [1.807, 2.05) is 18.2 Å². The lowest BCUT2D eigenvalue weighted by Gasteiger charge is -2.36. The third-order valence-corrected chi connectivity index (χ3v) is 5.28. The molecule has 0 N–H and O–H groups in total. The average molecular weight is 463 g/mol. The van der Waals surface area contributed by atoms with Gasteiger partial charge in [0.15, 0.2) is 0 Å². The van der Waals surface area contributed by atoms with E-state index in [0.29, 0.717) is 29.3 Å². The van der Waals surface area contributed by atoms with Crippen LogP contribution in [-0.2, 0) is 16.1 Å². The molecular weight excluding hydrogens is 445 g/mol. The number of halogens is 4. The standard InChI is InChI=1S/C23H18ClF3N2O3/c24-19-5-1-15(2-6-19)12-29-21(13-31-14-22(29)30)18-9-17(10-28-11-18)16-3-7-20(8-4-16)32-23(25,26)27/h1-11,21H,12-14H2. The van der Waals surface area contributed by atoms with E-state index in [4.69, 9.17) is 16.3 Å². The van der Waals surface area contributed by atoms with Crippen LogP contribution in [0, 0.1) is 0 Å². The Morgan fingerprint density at radius 3 is 2.47 bits per heavy atom. The van der Waals surface area contributed by atoms with Crippen LogP contribution in [-0.4, -0.2) is 35.4 Å². The van der Waals surface area contributed by atoms with Crippen LogP contribution in [0.25, 0.3) is 11.1 Å². The molecule has 1 aliphatic rings. The molecule has 5 nitrogen and oxygen atoms in total. The molecule has 9 heteroatoms. The van der Waals surface area contributed by atoms with Crippen LogP contribution >= 0.6 is 11.6 Å². The molecule has 32 heavy (non-hydrogen) atoms. The zero-order chi connectivity index (χ0) is 22.7. The van der Waals surface area contributed by atoms with Gasteiger partial charge in [0, 0.05) is 29.5 Å². The molecule has 1 fully saturated rings. The van der Waals surface area contributed by atoms with E-state index < -0.39 is 6.36 Å². The Kier molecular flexibility index (Phi) is 6.34. The number of benzene rings is 2. The second kappa shape index (κ2) is 9.18. The minimum Gasteiger partial charge on any atom is -0.406 e. The highest BCUT2D eigenvalue weighted by Gasteiger charge is 2.32. The maximum absolute atomic E-state index is 12.6. The molecule has 0 aliphatic carbocycles. The van der Waals surface area contributed by atoms with Gasteiger partial charge in [-0.05, 0) is 47.0 Å². The first-order valence-corrected chi connectivity index (χ1v) is 10.1.